The van der Waals surface area contributed by atoms with Crippen molar-refractivity contribution in [1.82, 2.24) is 0 Å². The summed E-state index contributed by atoms with van der Waals surface area (Å²) in [6.45, 7) is 5.36. The topological polar surface area (TPSA) is 3.24 Å². The summed E-state index contributed by atoms with van der Waals surface area (Å²) in [5.74, 6) is 0.680. The fourth-order valence-electron chi connectivity index (χ4n) is 1.33. The molecule has 1 aromatic carbocycles. The van der Waals surface area contributed by atoms with Crippen molar-refractivity contribution < 1.29 is 0 Å². The third-order valence-corrected chi connectivity index (χ3v) is 2.69. The van der Waals surface area contributed by atoms with Crippen molar-refractivity contribution in [1.29, 1.82) is 0 Å². The molecule has 1 rings (SSSR count). The molecule has 0 aromatic heterocycles. The minimum Gasteiger partial charge on any atom is -0.328 e. The van der Waals surface area contributed by atoms with Crippen LogP contribution in [-0.2, 0) is 0 Å². The predicted octanol–water partition coefficient (Wildman–Crippen LogP) is 3.75. The second-order valence-electron chi connectivity index (χ2n) is 3.95. The van der Waals surface area contributed by atoms with Gasteiger partial charge in [0, 0.05) is 12.2 Å². The lowest BCUT2D eigenvalue weighted by Gasteiger charge is -2.23. The van der Waals surface area contributed by atoms with Gasteiger partial charge in [-0.05, 0) is 24.5 Å². The molecule has 0 spiro atoms. The zero-order valence-electron chi connectivity index (χ0n) is 9.18. The summed E-state index contributed by atoms with van der Waals surface area (Å²) in [7, 11) is 0. The fourth-order valence-corrected chi connectivity index (χ4v) is 1.74. The van der Waals surface area contributed by atoms with Gasteiger partial charge in [-0.15, -0.1) is 12.6 Å². The molecule has 0 unspecified atom stereocenters. The third-order valence-electron chi connectivity index (χ3n) is 2.23. The standard InChI is InChI=1S/C12H17NS2/c1-10(2)8-9-13(12(14)15)11-6-4-3-5-7-11/h3-7,10H,8-9H2,1-2H3,(H,14,15). The number of benzene rings is 1. The van der Waals surface area contributed by atoms with Gasteiger partial charge in [-0.1, -0.05) is 44.3 Å². The fraction of sp³-hybridized carbons (Fsp3) is 0.417. The summed E-state index contributed by atoms with van der Waals surface area (Å²) in [5, 5.41) is 0. The summed E-state index contributed by atoms with van der Waals surface area (Å²) in [4.78, 5) is 2.07. The molecule has 15 heavy (non-hydrogen) atoms. The first kappa shape index (κ1) is 12.5. The van der Waals surface area contributed by atoms with Gasteiger partial charge in [0.25, 0.3) is 0 Å². The van der Waals surface area contributed by atoms with Crippen LogP contribution in [0, 0.1) is 5.92 Å². The molecule has 3 heteroatoms. The first-order chi connectivity index (χ1) is 7.11. The number of hydrogen-bond donors (Lipinski definition) is 1. The highest BCUT2D eigenvalue weighted by molar-refractivity contribution is 8.11. The first-order valence-corrected chi connectivity index (χ1v) is 6.02. The molecular formula is C12H17NS2. The van der Waals surface area contributed by atoms with Gasteiger partial charge < -0.3 is 4.90 Å². The molecule has 82 valence electrons. The normalized spacial score (nSPS) is 10.4. The Morgan fingerprint density at radius 3 is 2.40 bits per heavy atom. The molecule has 1 nitrogen and oxygen atoms in total. The van der Waals surface area contributed by atoms with Gasteiger partial charge in [0.1, 0.15) is 4.32 Å². The zero-order chi connectivity index (χ0) is 11.3. The van der Waals surface area contributed by atoms with Gasteiger partial charge in [0.15, 0.2) is 0 Å². The van der Waals surface area contributed by atoms with Gasteiger partial charge in [0.05, 0.1) is 0 Å². The lowest BCUT2D eigenvalue weighted by molar-refractivity contribution is 0.595. The molecule has 0 atom stereocenters. The van der Waals surface area contributed by atoms with Crippen LogP contribution in [0.5, 0.6) is 0 Å². The van der Waals surface area contributed by atoms with Crippen LogP contribution in [0.2, 0.25) is 0 Å². The van der Waals surface area contributed by atoms with E-state index in [0.717, 1.165) is 18.7 Å². The van der Waals surface area contributed by atoms with Gasteiger partial charge >= 0.3 is 0 Å². The van der Waals surface area contributed by atoms with E-state index >= 15 is 0 Å². The van der Waals surface area contributed by atoms with E-state index in [4.69, 9.17) is 12.2 Å². The second-order valence-corrected chi connectivity index (χ2v) is 5.07. The molecule has 0 heterocycles. The Hall–Kier alpha value is -0.540. The highest BCUT2D eigenvalue weighted by atomic mass is 32.1. The van der Waals surface area contributed by atoms with E-state index in [-0.39, 0.29) is 0 Å². The number of para-hydroxylation sites is 1. The van der Waals surface area contributed by atoms with Crippen LogP contribution in [0.4, 0.5) is 5.69 Å². The summed E-state index contributed by atoms with van der Waals surface area (Å²) in [6, 6.07) is 10.2. The van der Waals surface area contributed by atoms with Crippen LogP contribution in [0.25, 0.3) is 0 Å². The SMILES string of the molecule is CC(C)CCN(C(=S)S)c1ccccc1. The highest BCUT2D eigenvalue weighted by Crippen LogP contribution is 2.17. The second kappa shape index (κ2) is 6.13. The van der Waals surface area contributed by atoms with E-state index in [9.17, 15) is 0 Å². The Bertz CT molecular complexity index is 309. The molecule has 0 N–H and O–H groups in total. The molecule has 1 aromatic rings. The van der Waals surface area contributed by atoms with Gasteiger partial charge in [-0.3, -0.25) is 0 Å². The van der Waals surface area contributed by atoms with Crippen LogP contribution in [0.15, 0.2) is 30.3 Å². The Morgan fingerprint density at radius 2 is 1.93 bits per heavy atom. The van der Waals surface area contributed by atoms with Crippen LogP contribution < -0.4 is 4.90 Å². The van der Waals surface area contributed by atoms with Gasteiger partial charge in [-0.2, -0.15) is 0 Å². The Labute approximate surface area is 103 Å². The van der Waals surface area contributed by atoms with E-state index in [1.807, 2.05) is 18.2 Å². The molecule has 0 saturated heterocycles. The summed E-state index contributed by atoms with van der Waals surface area (Å²) >= 11 is 9.41. The largest absolute Gasteiger partial charge is 0.328 e. The van der Waals surface area contributed by atoms with Crippen LogP contribution in [0.1, 0.15) is 20.3 Å². The van der Waals surface area contributed by atoms with E-state index < -0.39 is 0 Å². The average Bonchev–Trinajstić information content (AvgIpc) is 2.18. The number of thiol groups is 1. The smallest absolute Gasteiger partial charge is 0.137 e. The van der Waals surface area contributed by atoms with E-state index in [2.05, 4.69) is 43.5 Å². The zero-order valence-corrected chi connectivity index (χ0v) is 10.9. The maximum absolute atomic E-state index is 5.14. The molecule has 0 aliphatic carbocycles. The van der Waals surface area contributed by atoms with Crippen molar-refractivity contribution in [3.8, 4) is 0 Å². The predicted molar refractivity (Wildman–Crippen MR) is 74.8 cm³/mol. The van der Waals surface area contributed by atoms with Crippen LogP contribution >= 0.6 is 24.8 Å². The van der Waals surface area contributed by atoms with Crippen molar-refractivity contribution in [3.63, 3.8) is 0 Å². The lowest BCUT2D eigenvalue weighted by Crippen LogP contribution is -2.27. The highest BCUT2D eigenvalue weighted by Gasteiger charge is 2.08. The van der Waals surface area contributed by atoms with E-state index in [0.29, 0.717) is 10.2 Å². The minimum absolute atomic E-state index is 0.641. The maximum atomic E-state index is 5.14. The van der Waals surface area contributed by atoms with Crippen LogP contribution in [-0.4, -0.2) is 10.9 Å². The van der Waals surface area contributed by atoms with Crippen molar-refractivity contribution in [2.75, 3.05) is 11.4 Å². The average molecular weight is 239 g/mol. The van der Waals surface area contributed by atoms with E-state index in [1.54, 1.807) is 0 Å². The van der Waals surface area contributed by atoms with Gasteiger partial charge in [-0.25, -0.2) is 0 Å². The number of rotatable bonds is 4. The molecule has 0 amide bonds. The molecule has 0 aliphatic heterocycles. The first-order valence-electron chi connectivity index (χ1n) is 5.16. The molecule has 0 aliphatic rings. The molecule has 0 radical (unpaired) electrons. The number of nitrogens with zero attached hydrogens (tertiary/aromatic N) is 1. The Balaban J connectivity index is 2.71. The van der Waals surface area contributed by atoms with Crippen molar-refractivity contribution in [3.05, 3.63) is 30.3 Å². The number of thiocarbonyl (C=S) groups is 1. The summed E-state index contributed by atoms with van der Waals surface area (Å²) in [5.41, 5.74) is 1.12. The third kappa shape index (κ3) is 4.22. The molecule has 0 bridgehead atoms. The summed E-state index contributed by atoms with van der Waals surface area (Å²) in [6.07, 6.45) is 1.12. The van der Waals surface area contributed by atoms with Crippen molar-refractivity contribution >= 4 is 34.9 Å². The van der Waals surface area contributed by atoms with Crippen LogP contribution in [0.3, 0.4) is 0 Å². The lowest BCUT2D eigenvalue weighted by atomic mass is 10.1. The summed E-state index contributed by atoms with van der Waals surface area (Å²) < 4.78 is 0.641. The Morgan fingerprint density at radius 1 is 1.33 bits per heavy atom. The monoisotopic (exact) mass is 239 g/mol. The Kier molecular flexibility index (Phi) is 5.12. The molecule has 0 fully saturated rings. The van der Waals surface area contributed by atoms with Gasteiger partial charge in [0.2, 0.25) is 0 Å². The molecule has 0 saturated carbocycles. The maximum Gasteiger partial charge on any atom is 0.137 e. The van der Waals surface area contributed by atoms with Crippen molar-refractivity contribution in [2.45, 2.75) is 20.3 Å². The van der Waals surface area contributed by atoms with E-state index in [1.165, 1.54) is 0 Å². The number of hydrogen-bond acceptors (Lipinski definition) is 1. The van der Waals surface area contributed by atoms with Crippen molar-refractivity contribution in [2.24, 2.45) is 5.92 Å². The minimum atomic E-state index is 0.641. The quantitative estimate of drug-likeness (QED) is 0.629. The number of anilines is 1. The molecular weight excluding hydrogens is 222 g/mol.